The quantitative estimate of drug-likeness (QED) is 0.769. The Morgan fingerprint density at radius 3 is 2.42 bits per heavy atom. The Morgan fingerprint density at radius 2 is 1.89 bits per heavy atom. The number of benzene rings is 1. The molecule has 0 aliphatic carbocycles. The molecule has 1 atom stereocenters. The molecule has 3 nitrogen and oxygen atoms in total. The zero-order valence-corrected chi connectivity index (χ0v) is 12.1. The highest BCUT2D eigenvalue weighted by Gasteiger charge is 2.24. The van der Waals surface area contributed by atoms with E-state index in [2.05, 4.69) is 6.92 Å². The van der Waals surface area contributed by atoms with Crippen LogP contribution >= 0.6 is 0 Å². The van der Waals surface area contributed by atoms with Crippen LogP contribution in [0.4, 0.5) is 0 Å². The van der Waals surface area contributed by atoms with Gasteiger partial charge in [0.15, 0.2) is 0 Å². The van der Waals surface area contributed by atoms with Crippen molar-refractivity contribution in [2.45, 2.75) is 52.1 Å². The van der Waals surface area contributed by atoms with Gasteiger partial charge in [-0.05, 0) is 37.8 Å². The first-order chi connectivity index (χ1) is 8.99. The monoisotopic (exact) mass is 264 g/mol. The molecule has 0 spiro atoms. The van der Waals surface area contributed by atoms with E-state index in [9.17, 15) is 9.90 Å². The molecule has 0 radical (unpaired) electrons. The lowest BCUT2D eigenvalue weighted by molar-refractivity contribution is -0.144. The fraction of sp³-hybridized carbons (Fsp3) is 0.562. The average molecular weight is 264 g/mol. The second kappa shape index (κ2) is 7.29. The molecule has 0 aliphatic rings. The molecule has 0 aliphatic heterocycles. The van der Waals surface area contributed by atoms with Gasteiger partial charge in [-0.25, -0.2) is 0 Å². The Bertz CT molecular complexity index is 393. The second-order valence-electron chi connectivity index (χ2n) is 5.03. The highest BCUT2D eigenvalue weighted by molar-refractivity contribution is 5.69. The van der Waals surface area contributed by atoms with Gasteiger partial charge in [-0.3, -0.25) is 4.79 Å². The van der Waals surface area contributed by atoms with Crippen molar-refractivity contribution in [1.82, 2.24) is 0 Å². The summed E-state index contributed by atoms with van der Waals surface area (Å²) in [7, 11) is 0. The molecule has 0 saturated carbocycles. The molecular weight excluding hydrogens is 240 g/mol. The Hall–Kier alpha value is -1.35. The number of carbonyl (C=O) groups excluding carboxylic acids is 1. The molecule has 19 heavy (non-hydrogen) atoms. The molecule has 1 aromatic carbocycles. The van der Waals surface area contributed by atoms with Crippen molar-refractivity contribution in [3.05, 3.63) is 35.4 Å². The second-order valence-corrected chi connectivity index (χ2v) is 5.03. The lowest BCUT2D eigenvalue weighted by Crippen LogP contribution is -2.23. The number of rotatable bonds is 7. The van der Waals surface area contributed by atoms with E-state index in [1.807, 2.05) is 24.3 Å². The van der Waals surface area contributed by atoms with Gasteiger partial charge in [0.25, 0.3) is 0 Å². The van der Waals surface area contributed by atoms with Gasteiger partial charge in [0, 0.05) is 6.42 Å². The Morgan fingerprint density at radius 1 is 1.26 bits per heavy atom. The van der Waals surface area contributed by atoms with Gasteiger partial charge < -0.3 is 9.84 Å². The van der Waals surface area contributed by atoms with Crippen LogP contribution in [-0.4, -0.2) is 17.7 Å². The first-order valence-corrected chi connectivity index (χ1v) is 6.97. The number of aryl methyl sites for hydroxylation is 1. The molecule has 0 saturated heterocycles. The van der Waals surface area contributed by atoms with E-state index >= 15 is 0 Å². The van der Waals surface area contributed by atoms with E-state index in [-0.39, 0.29) is 12.4 Å². The van der Waals surface area contributed by atoms with Gasteiger partial charge in [0.05, 0.1) is 12.2 Å². The van der Waals surface area contributed by atoms with Gasteiger partial charge in [0.1, 0.15) is 0 Å². The van der Waals surface area contributed by atoms with E-state index in [0.29, 0.717) is 13.0 Å². The van der Waals surface area contributed by atoms with Crippen LogP contribution in [-0.2, 0) is 21.6 Å². The third-order valence-electron chi connectivity index (χ3n) is 3.24. The van der Waals surface area contributed by atoms with Crippen molar-refractivity contribution in [2.75, 3.05) is 6.61 Å². The normalized spacial score (nSPS) is 13.9. The summed E-state index contributed by atoms with van der Waals surface area (Å²) >= 11 is 0. The number of hydrogen-bond acceptors (Lipinski definition) is 3. The zero-order valence-electron chi connectivity index (χ0n) is 12.1. The van der Waals surface area contributed by atoms with Crippen LogP contribution in [0.2, 0.25) is 0 Å². The molecule has 0 bridgehead atoms. The number of esters is 1. The smallest absolute Gasteiger partial charge is 0.305 e. The van der Waals surface area contributed by atoms with Gasteiger partial charge in [-0.15, -0.1) is 0 Å². The van der Waals surface area contributed by atoms with E-state index in [0.717, 1.165) is 18.4 Å². The summed E-state index contributed by atoms with van der Waals surface area (Å²) in [5.74, 6) is -0.259. The van der Waals surface area contributed by atoms with Crippen LogP contribution in [0.1, 0.15) is 51.2 Å². The van der Waals surface area contributed by atoms with Crippen molar-refractivity contribution in [1.29, 1.82) is 0 Å². The van der Waals surface area contributed by atoms with Crippen molar-refractivity contribution >= 4 is 5.97 Å². The topological polar surface area (TPSA) is 46.5 Å². The van der Waals surface area contributed by atoms with Crippen LogP contribution in [0.3, 0.4) is 0 Å². The maximum atomic E-state index is 11.3. The van der Waals surface area contributed by atoms with Gasteiger partial charge in [0.2, 0.25) is 0 Å². The van der Waals surface area contributed by atoms with Crippen LogP contribution in [0.25, 0.3) is 0 Å². The molecule has 0 heterocycles. The Labute approximate surface area is 115 Å². The Balaban J connectivity index is 2.63. The van der Waals surface area contributed by atoms with Crippen LogP contribution in [0.15, 0.2) is 24.3 Å². The minimum absolute atomic E-state index is 0.234. The molecule has 1 N–H and O–H groups in total. The number of hydrogen-bond donors (Lipinski definition) is 1. The van der Waals surface area contributed by atoms with E-state index in [1.54, 1.807) is 13.8 Å². The van der Waals surface area contributed by atoms with Crippen LogP contribution in [0, 0.1) is 0 Å². The Kier molecular flexibility index (Phi) is 6.03. The van der Waals surface area contributed by atoms with Crippen molar-refractivity contribution < 1.29 is 14.6 Å². The maximum Gasteiger partial charge on any atom is 0.305 e. The first kappa shape index (κ1) is 15.7. The largest absolute Gasteiger partial charge is 0.466 e. The summed E-state index contributed by atoms with van der Waals surface area (Å²) in [6, 6.07) is 7.96. The number of carbonyl (C=O) groups is 1. The summed E-state index contributed by atoms with van der Waals surface area (Å²) in [5, 5.41) is 10.4. The molecule has 0 aromatic heterocycles. The molecule has 1 aromatic rings. The molecule has 1 unspecified atom stereocenters. The fourth-order valence-electron chi connectivity index (χ4n) is 2.04. The van der Waals surface area contributed by atoms with E-state index < -0.39 is 5.60 Å². The lowest BCUT2D eigenvalue weighted by atomic mass is 9.90. The number of aliphatic hydroxyl groups is 1. The van der Waals surface area contributed by atoms with Crippen molar-refractivity contribution in [2.24, 2.45) is 0 Å². The van der Waals surface area contributed by atoms with Gasteiger partial charge in [-0.2, -0.15) is 0 Å². The molecule has 3 heteroatoms. The highest BCUT2D eigenvalue weighted by atomic mass is 16.5. The summed E-state index contributed by atoms with van der Waals surface area (Å²) in [4.78, 5) is 11.3. The summed E-state index contributed by atoms with van der Waals surface area (Å²) in [6.07, 6.45) is 2.76. The zero-order chi connectivity index (χ0) is 14.3. The van der Waals surface area contributed by atoms with E-state index in [1.165, 1.54) is 5.56 Å². The highest BCUT2D eigenvalue weighted by Crippen LogP contribution is 2.26. The molecule has 0 amide bonds. The summed E-state index contributed by atoms with van der Waals surface area (Å²) < 4.78 is 4.87. The predicted octanol–water partition coefficient (Wildman–Crippen LogP) is 3.19. The maximum absolute atomic E-state index is 11.3. The number of ether oxygens (including phenoxy) is 1. The third kappa shape index (κ3) is 5.03. The molecule has 1 rings (SSSR count). The SMILES string of the molecule is CCCc1ccc(C(C)(O)CCC(=O)OCC)cc1. The fourth-order valence-corrected chi connectivity index (χ4v) is 2.04. The van der Waals surface area contributed by atoms with E-state index in [4.69, 9.17) is 4.74 Å². The van der Waals surface area contributed by atoms with Gasteiger partial charge in [-0.1, -0.05) is 37.6 Å². The first-order valence-electron chi connectivity index (χ1n) is 6.97. The van der Waals surface area contributed by atoms with Gasteiger partial charge >= 0.3 is 5.97 Å². The van der Waals surface area contributed by atoms with Crippen molar-refractivity contribution in [3.8, 4) is 0 Å². The molecular formula is C16H24O3. The minimum Gasteiger partial charge on any atom is -0.466 e. The summed E-state index contributed by atoms with van der Waals surface area (Å²) in [6.45, 7) is 6.04. The minimum atomic E-state index is -0.989. The predicted molar refractivity (Wildman–Crippen MR) is 75.9 cm³/mol. The molecule has 106 valence electrons. The van der Waals surface area contributed by atoms with Crippen LogP contribution < -0.4 is 0 Å². The lowest BCUT2D eigenvalue weighted by Gasteiger charge is -2.23. The average Bonchev–Trinajstić information content (AvgIpc) is 2.38. The van der Waals surface area contributed by atoms with Crippen LogP contribution in [0.5, 0.6) is 0 Å². The standard InChI is InChI=1S/C16H24O3/c1-4-6-13-7-9-14(10-8-13)16(3,18)12-11-15(17)19-5-2/h7-10,18H,4-6,11-12H2,1-3H3. The third-order valence-corrected chi connectivity index (χ3v) is 3.24. The van der Waals surface area contributed by atoms with Crippen molar-refractivity contribution in [3.63, 3.8) is 0 Å². The summed E-state index contributed by atoms with van der Waals surface area (Å²) in [5.41, 5.74) is 1.13. The molecule has 0 fully saturated rings.